The van der Waals surface area contributed by atoms with Gasteiger partial charge in [0.15, 0.2) is 11.2 Å². The van der Waals surface area contributed by atoms with Crippen molar-refractivity contribution in [3.63, 3.8) is 0 Å². The molecule has 0 aliphatic carbocycles. The maximum Gasteiger partial charge on any atom is 0.332 e. The highest BCUT2D eigenvalue weighted by molar-refractivity contribution is 5.79. The molecule has 27 heavy (non-hydrogen) atoms. The fourth-order valence-electron chi connectivity index (χ4n) is 3.74. The lowest BCUT2D eigenvalue weighted by molar-refractivity contribution is 0.667. The van der Waals surface area contributed by atoms with Crippen molar-refractivity contribution < 1.29 is 0 Å². The van der Waals surface area contributed by atoms with E-state index in [1.807, 2.05) is 11.6 Å². The lowest BCUT2D eigenvalue weighted by atomic mass is 9.96. The first-order chi connectivity index (χ1) is 12.9. The van der Waals surface area contributed by atoms with Crippen LogP contribution in [0.15, 0.2) is 27.8 Å². The Morgan fingerprint density at radius 1 is 0.963 bits per heavy atom. The molecule has 0 saturated carbocycles. The highest BCUT2D eigenvalue weighted by Crippen LogP contribution is 2.29. The molecule has 0 aliphatic heterocycles. The van der Waals surface area contributed by atoms with Crippen molar-refractivity contribution in [3.05, 3.63) is 50.2 Å². The van der Waals surface area contributed by atoms with E-state index in [0.29, 0.717) is 11.2 Å². The number of benzene rings is 1. The van der Waals surface area contributed by atoms with Crippen LogP contribution in [0.25, 0.3) is 22.6 Å². The van der Waals surface area contributed by atoms with Crippen LogP contribution >= 0.6 is 0 Å². The third kappa shape index (κ3) is 3.24. The molecule has 0 aliphatic rings. The van der Waals surface area contributed by atoms with Crippen LogP contribution in [-0.4, -0.2) is 18.7 Å². The Balaban J connectivity index is 2.21. The number of hydrogen-bond acceptors (Lipinski definition) is 3. The zero-order valence-electron chi connectivity index (χ0n) is 16.9. The van der Waals surface area contributed by atoms with Gasteiger partial charge in [-0.15, -0.1) is 0 Å². The van der Waals surface area contributed by atoms with Gasteiger partial charge in [-0.3, -0.25) is 13.9 Å². The van der Waals surface area contributed by atoms with Gasteiger partial charge < -0.3 is 4.57 Å². The fourth-order valence-corrected chi connectivity index (χ4v) is 3.74. The van der Waals surface area contributed by atoms with E-state index < -0.39 is 0 Å². The molecule has 1 aromatic carbocycles. The van der Waals surface area contributed by atoms with Crippen LogP contribution in [0.5, 0.6) is 0 Å². The molecule has 0 saturated heterocycles. The summed E-state index contributed by atoms with van der Waals surface area (Å²) in [5.41, 5.74) is 3.65. The minimum Gasteiger partial charge on any atom is -0.321 e. The van der Waals surface area contributed by atoms with Crippen LogP contribution in [0.1, 0.15) is 43.7 Å². The standard InChI is InChI=1S/C21H28N4O2/c1-6-7-8-9-12-15-13-10-11-14(2)16(15)18-22-19-17(23(18)3)20(26)25(5)21(27)24(19)4/h10-11,13H,6-9,12H2,1-5H3. The Morgan fingerprint density at radius 2 is 1.70 bits per heavy atom. The van der Waals surface area contributed by atoms with E-state index in [0.717, 1.165) is 34.4 Å². The maximum absolute atomic E-state index is 12.7. The highest BCUT2D eigenvalue weighted by atomic mass is 16.2. The van der Waals surface area contributed by atoms with E-state index in [4.69, 9.17) is 4.98 Å². The molecule has 0 unspecified atom stereocenters. The van der Waals surface area contributed by atoms with Gasteiger partial charge in [-0.2, -0.15) is 0 Å². The molecule has 0 radical (unpaired) electrons. The molecule has 3 rings (SSSR count). The smallest absolute Gasteiger partial charge is 0.321 e. The first kappa shape index (κ1) is 19.1. The number of aromatic nitrogens is 4. The second-order valence-electron chi connectivity index (χ2n) is 7.29. The minimum absolute atomic E-state index is 0.313. The van der Waals surface area contributed by atoms with E-state index >= 15 is 0 Å². The molecule has 0 amide bonds. The average Bonchev–Trinajstić information content (AvgIpc) is 2.99. The van der Waals surface area contributed by atoms with Crippen LogP contribution < -0.4 is 11.2 Å². The molecule has 0 spiro atoms. The Morgan fingerprint density at radius 3 is 2.41 bits per heavy atom. The van der Waals surface area contributed by atoms with Gasteiger partial charge >= 0.3 is 5.69 Å². The van der Waals surface area contributed by atoms with Gasteiger partial charge in [-0.05, 0) is 30.9 Å². The molecule has 3 aromatic rings. The highest BCUT2D eigenvalue weighted by Gasteiger charge is 2.20. The molecule has 6 nitrogen and oxygen atoms in total. The molecule has 0 fully saturated rings. The second-order valence-corrected chi connectivity index (χ2v) is 7.29. The van der Waals surface area contributed by atoms with E-state index in [1.54, 1.807) is 7.05 Å². The second kappa shape index (κ2) is 7.55. The van der Waals surface area contributed by atoms with Crippen molar-refractivity contribution in [2.24, 2.45) is 21.1 Å². The van der Waals surface area contributed by atoms with Crippen molar-refractivity contribution in [2.75, 3.05) is 0 Å². The molecule has 6 heteroatoms. The summed E-state index contributed by atoms with van der Waals surface area (Å²) in [6.45, 7) is 4.28. The van der Waals surface area contributed by atoms with Gasteiger partial charge in [-0.1, -0.05) is 44.4 Å². The number of nitrogens with zero attached hydrogens (tertiary/aromatic N) is 4. The zero-order chi connectivity index (χ0) is 19.7. The average molecular weight is 368 g/mol. The van der Waals surface area contributed by atoms with Crippen molar-refractivity contribution in [2.45, 2.75) is 46.0 Å². The SMILES string of the molecule is CCCCCCc1cccc(C)c1-c1nc2c(c(=O)n(C)c(=O)n2C)n1C. The van der Waals surface area contributed by atoms with Crippen LogP contribution in [0.3, 0.4) is 0 Å². The first-order valence-corrected chi connectivity index (χ1v) is 9.59. The molecular formula is C21H28N4O2. The summed E-state index contributed by atoms with van der Waals surface area (Å²) in [5.74, 6) is 0.742. The number of rotatable bonds is 6. The predicted molar refractivity (Wildman–Crippen MR) is 109 cm³/mol. The summed E-state index contributed by atoms with van der Waals surface area (Å²) in [7, 11) is 5.01. The number of hydrogen-bond donors (Lipinski definition) is 0. The van der Waals surface area contributed by atoms with Gasteiger partial charge in [0, 0.05) is 26.7 Å². The maximum atomic E-state index is 12.7. The molecule has 2 aromatic heterocycles. The summed E-state index contributed by atoms with van der Waals surface area (Å²) >= 11 is 0. The predicted octanol–water partition coefficient (Wildman–Crippen LogP) is 3.07. The van der Waals surface area contributed by atoms with Crippen molar-refractivity contribution in [1.82, 2.24) is 18.7 Å². The Bertz CT molecular complexity index is 1100. The van der Waals surface area contributed by atoms with Crippen LogP contribution in [0.4, 0.5) is 0 Å². The topological polar surface area (TPSA) is 61.8 Å². The van der Waals surface area contributed by atoms with Gasteiger partial charge in [0.1, 0.15) is 5.82 Å². The summed E-state index contributed by atoms with van der Waals surface area (Å²) in [6.07, 6.45) is 5.78. The van der Waals surface area contributed by atoms with Crippen molar-refractivity contribution in [1.29, 1.82) is 0 Å². The molecule has 0 bridgehead atoms. The van der Waals surface area contributed by atoms with Gasteiger partial charge in [0.05, 0.1) is 0 Å². The quantitative estimate of drug-likeness (QED) is 0.628. The Hall–Kier alpha value is -2.63. The van der Waals surface area contributed by atoms with E-state index in [-0.39, 0.29) is 11.2 Å². The summed E-state index contributed by atoms with van der Waals surface area (Å²) in [4.78, 5) is 29.7. The Kier molecular flexibility index (Phi) is 5.35. The van der Waals surface area contributed by atoms with Crippen LogP contribution in [-0.2, 0) is 27.6 Å². The molecular weight excluding hydrogens is 340 g/mol. The lowest BCUT2D eigenvalue weighted by Crippen LogP contribution is -2.37. The van der Waals surface area contributed by atoms with E-state index in [9.17, 15) is 9.59 Å². The van der Waals surface area contributed by atoms with Gasteiger partial charge in [-0.25, -0.2) is 9.78 Å². The van der Waals surface area contributed by atoms with E-state index in [2.05, 4.69) is 32.0 Å². The van der Waals surface area contributed by atoms with E-state index in [1.165, 1.54) is 36.4 Å². The number of fused-ring (bicyclic) bond motifs is 1. The first-order valence-electron chi connectivity index (χ1n) is 9.59. The number of aryl methyl sites for hydroxylation is 4. The van der Waals surface area contributed by atoms with Crippen molar-refractivity contribution >= 4 is 11.2 Å². The summed E-state index contributed by atoms with van der Waals surface area (Å²) in [6, 6.07) is 6.29. The zero-order valence-corrected chi connectivity index (χ0v) is 16.9. The normalized spacial score (nSPS) is 11.4. The van der Waals surface area contributed by atoms with Gasteiger partial charge in [0.25, 0.3) is 5.56 Å². The number of unbranched alkanes of at least 4 members (excludes halogenated alkanes) is 3. The largest absolute Gasteiger partial charge is 0.332 e. The Labute approximate surface area is 159 Å². The molecule has 2 heterocycles. The monoisotopic (exact) mass is 368 g/mol. The molecule has 144 valence electrons. The minimum atomic E-state index is -0.360. The molecule has 0 N–H and O–H groups in total. The van der Waals surface area contributed by atoms with Crippen LogP contribution in [0, 0.1) is 6.92 Å². The van der Waals surface area contributed by atoms with Crippen molar-refractivity contribution in [3.8, 4) is 11.4 Å². The third-order valence-electron chi connectivity index (χ3n) is 5.36. The third-order valence-corrected chi connectivity index (χ3v) is 5.36. The summed E-state index contributed by atoms with van der Waals surface area (Å²) in [5, 5.41) is 0. The molecule has 0 atom stereocenters. The summed E-state index contributed by atoms with van der Waals surface area (Å²) < 4.78 is 4.41. The van der Waals surface area contributed by atoms with Crippen LogP contribution in [0.2, 0.25) is 0 Å². The fraction of sp³-hybridized carbons (Fsp3) is 0.476. The number of imidazole rings is 1. The van der Waals surface area contributed by atoms with Gasteiger partial charge in [0.2, 0.25) is 0 Å². The lowest BCUT2D eigenvalue weighted by Gasteiger charge is -2.12.